The molecule has 0 saturated carbocycles. The van der Waals surface area contributed by atoms with Gasteiger partial charge in [0, 0.05) is 12.3 Å². The van der Waals surface area contributed by atoms with E-state index in [1.54, 1.807) is 18.2 Å². The molecule has 0 fully saturated rings. The predicted molar refractivity (Wildman–Crippen MR) is 73.9 cm³/mol. The minimum atomic E-state index is -0.493. The molecule has 6 nitrogen and oxygen atoms in total. The lowest BCUT2D eigenvalue weighted by Crippen LogP contribution is -2.06. The lowest BCUT2D eigenvalue weighted by Gasteiger charge is -2.02. The van der Waals surface area contributed by atoms with Gasteiger partial charge in [0.2, 0.25) is 11.8 Å². The summed E-state index contributed by atoms with van der Waals surface area (Å²) in [5.41, 5.74) is 1.73. The highest BCUT2D eigenvalue weighted by Crippen LogP contribution is 2.16. The molecule has 0 aliphatic carbocycles. The van der Waals surface area contributed by atoms with Crippen LogP contribution in [0, 0.1) is 0 Å². The minimum absolute atomic E-state index is 0.0282. The molecule has 6 heteroatoms. The first kappa shape index (κ1) is 13.1. The number of carbonyl (C=O) groups is 1. The number of aromatic nitrogens is 2. The molecule has 0 aliphatic rings. The highest BCUT2D eigenvalue weighted by atomic mass is 16.5. The van der Waals surface area contributed by atoms with Crippen molar-refractivity contribution < 1.29 is 18.7 Å². The average Bonchev–Trinajstić information content (AvgIpc) is 2.95. The molecule has 0 bridgehead atoms. The lowest BCUT2D eigenvalue weighted by atomic mass is 10.3. The van der Waals surface area contributed by atoms with E-state index in [4.69, 9.17) is 13.9 Å². The summed E-state index contributed by atoms with van der Waals surface area (Å²) in [6.45, 7) is -0.0282. The van der Waals surface area contributed by atoms with E-state index in [0.717, 1.165) is 5.52 Å². The number of rotatable bonds is 4. The quantitative estimate of drug-likeness (QED) is 0.685. The molecule has 0 atom stereocenters. The second-order valence-corrected chi connectivity index (χ2v) is 4.24. The van der Waals surface area contributed by atoms with Gasteiger partial charge in [-0.25, -0.2) is 14.8 Å². The smallest absolute Gasteiger partial charge is 0.340 e. The Balaban J connectivity index is 1.67. The largest absolute Gasteiger partial charge is 0.481 e. The van der Waals surface area contributed by atoms with Crippen LogP contribution in [0.5, 0.6) is 5.88 Å². The van der Waals surface area contributed by atoms with Gasteiger partial charge in [-0.3, -0.25) is 0 Å². The Hall–Kier alpha value is -2.89. The molecule has 3 rings (SSSR count). The second-order valence-electron chi connectivity index (χ2n) is 4.24. The van der Waals surface area contributed by atoms with E-state index in [-0.39, 0.29) is 6.61 Å². The maximum Gasteiger partial charge on any atom is 0.340 e. The van der Waals surface area contributed by atoms with E-state index >= 15 is 0 Å². The molecule has 0 aliphatic heterocycles. The summed E-state index contributed by atoms with van der Waals surface area (Å²) in [7, 11) is 1.51. The van der Waals surface area contributed by atoms with Crippen LogP contribution in [0.25, 0.3) is 11.1 Å². The van der Waals surface area contributed by atoms with Crippen molar-refractivity contribution in [3.8, 4) is 5.88 Å². The Labute approximate surface area is 120 Å². The molecule has 21 heavy (non-hydrogen) atoms. The molecule has 0 radical (unpaired) electrons. The fraction of sp³-hybridized carbons (Fsp3) is 0.133. The lowest BCUT2D eigenvalue weighted by molar-refractivity contribution is 0.0439. The van der Waals surface area contributed by atoms with Gasteiger partial charge in [-0.2, -0.15) is 0 Å². The number of nitrogens with zero attached hydrogens (tertiary/aromatic N) is 2. The van der Waals surface area contributed by atoms with Gasteiger partial charge >= 0.3 is 5.97 Å². The van der Waals surface area contributed by atoms with E-state index in [1.165, 1.54) is 13.3 Å². The number of hydrogen-bond acceptors (Lipinski definition) is 6. The second kappa shape index (κ2) is 5.62. The third-order valence-electron chi connectivity index (χ3n) is 2.85. The first-order valence-corrected chi connectivity index (χ1v) is 6.28. The van der Waals surface area contributed by atoms with Crippen molar-refractivity contribution in [2.24, 2.45) is 0 Å². The first-order valence-electron chi connectivity index (χ1n) is 6.28. The zero-order chi connectivity index (χ0) is 14.7. The molecular weight excluding hydrogens is 272 g/mol. The number of methoxy groups -OCH3 is 1. The van der Waals surface area contributed by atoms with Crippen LogP contribution in [-0.2, 0) is 11.3 Å². The normalized spacial score (nSPS) is 10.5. The molecule has 1 aromatic carbocycles. The number of oxazole rings is 1. The molecule has 0 spiro atoms. The van der Waals surface area contributed by atoms with Crippen LogP contribution in [0.2, 0.25) is 0 Å². The standard InChI is InChI=1S/C15H12N2O4/c1-19-13-7-6-10(8-16-13)15(18)20-9-14-17-11-4-2-3-5-12(11)21-14/h2-8H,9H2,1H3. The van der Waals surface area contributed by atoms with Crippen LogP contribution in [0.3, 0.4) is 0 Å². The fourth-order valence-electron chi connectivity index (χ4n) is 1.81. The molecule has 0 saturated heterocycles. The first-order chi connectivity index (χ1) is 10.3. The van der Waals surface area contributed by atoms with Crippen LogP contribution in [0.15, 0.2) is 47.0 Å². The van der Waals surface area contributed by atoms with Gasteiger partial charge in [-0.05, 0) is 18.2 Å². The Morgan fingerprint density at radius 2 is 2.10 bits per heavy atom. The van der Waals surface area contributed by atoms with Gasteiger partial charge in [-0.1, -0.05) is 12.1 Å². The number of fused-ring (bicyclic) bond motifs is 1. The number of ether oxygens (including phenoxy) is 2. The Morgan fingerprint density at radius 3 is 2.81 bits per heavy atom. The maximum atomic E-state index is 11.9. The van der Waals surface area contributed by atoms with Crippen molar-refractivity contribution >= 4 is 17.1 Å². The van der Waals surface area contributed by atoms with Crippen molar-refractivity contribution in [3.63, 3.8) is 0 Å². The number of benzene rings is 1. The summed E-state index contributed by atoms with van der Waals surface area (Å²) < 4.78 is 15.5. The Bertz CT molecular complexity index is 732. The fourth-order valence-corrected chi connectivity index (χ4v) is 1.81. The van der Waals surface area contributed by atoms with Gasteiger partial charge in [0.25, 0.3) is 0 Å². The number of carbonyl (C=O) groups excluding carboxylic acids is 1. The molecule has 3 aromatic rings. The highest BCUT2D eigenvalue weighted by Gasteiger charge is 2.11. The van der Waals surface area contributed by atoms with Gasteiger partial charge in [0.15, 0.2) is 12.2 Å². The zero-order valence-corrected chi connectivity index (χ0v) is 11.3. The van der Waals surface area contributed by atoms with Crippen molar-refractivity contribution in [2.75, 3.05) is 7.11 Å². The van der Waals surface area contributed by atoms with Crippen LogP contribution >= 0.6 is 0 Å². The van der Waals surface area contributed by atoms with Crippen LogP contribution < -0.4 is 4.74 Å². The number of para-hydroxylation sites is 2. The zero-order valence-electron chi connectivity index (χ0n) is 11.3. The van der Waals surface area contributed by atoms with E-state index in [2.05, 4.69) is 9.97 Å². The van der Waals surface area contributed by atoms with E-state index in [0.29, 0.717) is 22.9 Å². The third kappa shape index (κ3) is 2.84. The summed E-state index contributed by atoms with van der Waals surface area (Å²) in [6.07, 6.45) is 1.40. The summed E-state index contributed by atoms with van der Waals surface area (Å²) in [6, 6.07) is 10.5. The van der Waals surface area contributed by atoms with E-state index in [1.807, 2.05) is 18.2 Å². The minimum Gasteiger partial charge on any atom is -0.481 e. The summed E-state index contributed by atoms with van der Waals surface area (Å²) in [5.74, 6) is 0.295. The number of pyridine rings is 1. The van der Waals surface area contributed by atoms with Crippen molar-refractivity contribution in [3.05, 3.63) is 54.0 Å². The van der Waals surface area contributed by atoms with Crippen molar-refractivity contribution in [1.82, 2.24) is 9.97 Å². The molecular formula is C15H12N2O4. The van der Waals surface area contributed by atoms with Gasteiger partial charge < -0.3 is 13.9 Å². The molecule has 2 heterocycles. The molecule has 0 amide bonds. The summed E-state index contributed by atoms with van der Waals surface area (Å²) in [5, 5.41) is 0. The average molecular weight is 284 g/mol. The monoisotopic (exact) mass is 284 g/mol. The molecule has 0 N–H and O–H groups in total. The molecule has 2 aromatic heterocycles. The van der Waals surface area contributed by atoms with Crippen molar-refractivity contribution in [2.45, 2.75) is 6.61 Å². The van der Waals surface area contributed by atoms with Gasteiger partial charge in [0.05, 0.1) is 12.7 Å². The van der Waals surface area contributed by atoms with Crippen LogP contribution in [0.1, 0.15) is 16.2 Å². The van der Waals surface area contributed by atoms with Gasteiger partial charge in [-0.15, -0.1) is 0 Å². The van der Waals surface area contributed by atoms with E-state index in [9.17, 15) is 4.79 Å². The predicted octanol–water partition coefficient (Wildman–Crippen LogP) is 2.59. The SMILES string of the molecule is COc1ccc(C(=O)OCc2nc3ccccc3o2)cn1. The maximum absolute atomic E-state index is 11.9. The van der Waals surface area contributed by atoms with Gasteiger partial charge in [0.1, 0.15) is 5.52 Å². The number of hydrogen-bond donors (Lipinski definition) is 0. The van der Waals surface area contributed by atoms with Crippen LogP contribution in [-0.4, -0.2) is 23.0 Å². The third-order valence-corrected chi connectivity index (χ3v) is 2.85. The Kier molecular flexibility index (Phi) is 3.51. The van der Waals surface area contributed by atoms with E-state index < -0.39 is 5.97 Å². The van der Waals surface area contributed by atoms with Crippen molar-refractivity contribution in [1.29, 1.82) is 0 Å². The molecule has 0 unspecified atom stereocenters. The highest BCUT2D eigenvalue weighted by molar-refractivity contribution is 5.89. The topological polar surface area (TPSA) is 74.5 Å². The summed E-state index contributed by atoms with van der Waals surface area (Å²) >= 11 is 0. The summed E-state index contributed by atoms with van der Waals surface area (Å²) in [4.78, 5) is 20.0. The van der Waals surface area contributed by atoms with Crippen LogP contribution in [0.4, 0.5) is 0 Å². The Morgan fingerprint density at radius 1 is 1.24 bits per heavy atom. The molecule has 106 valence electrons. The number of esters is 1.